The third-order valence-corrected chi connectivity index (χ3v) is 4.56. The molecule has 1 fully saturated rings. The highest BCUT2D eigenvalue weighted by Crippen LogP contribution is 2.31. The van der Waals surface area contributed by atoms with Crippen molar-refractivity contribution in [3.05, 3.63) is 34.3 Å². The fraction of sp³-hybridized carbons (Fsp3) is 0.500. The lowest BCUT2D eigenvalue weighted by atomic mass is 10.0. The smallest absolute Gasteiger partial charge is 0.408 e. The Morgan fingerprint density at radius 1 is 1.47 bits per heavy atom. The minimum absolute atomic E-state index is 0.265. The molecule has 4 nitrogen and oxygen atoms in total. The van der Waals surface area contributed by atoms with E-state index >= 15 is 0 Å². The number of fused-ring (bicyclic) bond motifs is 1. The SMILES string of the molecule is O=c1[nH]c2ccc(C(Br)CCC3CCCO3)cc2o1. The van der Waals surface area contributed by atoms with Gasteiger partial charge < -0.3 is 9.15 Å². The summed E-state index contributed by atoms with van der Waals surface area (Å²) in [4.78, 5) is 14.0. The van der Waals surface area contributed by atoms with Crippen LogP contribution >= 0.6 is 15.9 Å². The van der Waals surface area contributed by atoms with E-state index < -0.39 is 5.76 Å². The molecule has 0 aliphatic carbocycles. The molecule has 19 heavy (non-hydrogen) atoms. The van der Waals surface area contributed by atoms with Crippen molar-refractivity contribution in [2.24, 2.45) is 0 Å². The van der Waals surface area contributed by atoms with Gasteiger partial charge in [0.15, 0.2) is 5.58 Å². The van der Waals surface area contributed by atoms with E-state index in [4.69, 9.17) is 9.15 Å². The first-order valence-electron chi connectivity index (χ1n) is 6.61. The molecular formula is C14H16BrNO3. The third-order valence-electron chi connectivity index (χ3n) is 3.57. The van der Waals surface area contributed by atoms with E-state index in [0.29, 0.717) is 11.7 Å². The fourth-order valence-corrected chi connectivity index (χ4v) is 3.08. The largest absolute Gasteiger partial charge is 0.417 e. The number of ether oxygens (including phenoxy) is 1. The first kappa shape index (κ1) is 12.9. The molecule has 102 valence electrons. The van der Waals surface area contributed by atoms with Gasteiger partial charge in [-0.05, 0) is 43.4 Å². The van der Waals surface area contributed by atoms with Crippen LogP contribution in [0.3, 0.4) is 0 Å². The van der Waals surface area contributed by atoms with E-state index in [1.54, 1.807) is 0 Å². The van der Waals surface area contributed by atoms with Crippen LogP contribution in [0.2, 0.25) is 0 Å². The molecule has 0 radical (unpaired) electrons. The second-order valence-electron chi connectivity index (χ2n) is 4.95. The van der Waals surface area contributed by atoms with Gasteiger partial charge in [0.05, 0.1) is 11.6 Å². The molecule has 3 rings (SSSR count). The molecule has 1 aliphatic heterocycles. The summed E-state index contributed by atoms with van der Waals surface area (Å²) >= 11 is 3.70. The molecule has 0 saturated carbocycles. The first-order chi connectivity index (χ1) is 9.22. The van der Waals surface area contributed by atoms with Crippen molar-refractivity contribution in [2.75, 3.05) is 6.61 Å². The quantitative estimate of drug-likeness (QED) is 0.875. The summed E-state index contributed by atoms with van der Waals surface area (Å²) in [6, 6.07) is 5.82. The minimum atomic E-state index is -0.405. The van der Waals surface area contributed by atoms with Crippen LogP contribution in [0.15, 0.2) is 27.4 Å². The summed E-state index contributed by atoms with van der Waals surface area (Å²) in [6.07, 6.45) is 4.84. The average molecular weight is 326 g/mol. The number of rotatable bonds is 4. The number of oxazole rings is 1. The van der Waals surface area contributed by atoms with E-state index in [2.05, 4.69) is 20.9 Å². The molecule has 1 aromatic heterocycles. The van der Waals surface area contributed by atoms with Crippen molar-refractivity contribution >= 4 is 27.0 Å². The standard InChI is InChI=1S/C14H16BrNO3/c15-11(5-4-10-2-1-7-18-10)9-3-6-12-13(8-9)19-14(17)16-12/h3,6,8,10-11H,1-2,4-5,7H2,(H,16,17). The number of halogens is 1. The number of hydrogen-bond acceptors (Lipinski definition) is 3. The van der Waals surface area contributed by atoms with Crippen LogP contribution in [0.5, 0.6) is 0 Å². The number of benzene rings is 1. The predicted octanol–water partition coefficient (Wildman–Crippen LogP) is 3.52. The minimum Gasteiger partial charge on any atom is -0.408 e. The maximum Gasteiger partial charge on any atom is 0.417 e. The molecule has 2 heterocycles. The second kappa shape index (κ2) is 5.51. The highest BCUT2D eigenvalue weighted by molar-refractivity contribution is 9.09. The molecule has 5 heteroatoms. The van der Waals surface area contributed by atoms with Gasteiger partial charge in [-0.2, -0.15) is 0 Å². The van der Waals surface area contributed by atoms with Crippen LogP contribution < -0.4 is 5.76 Å². The maximum absolute atomic E-state index is 11.1. The average Bonchev–Trinajstić information content (AvgIpc) is 3.02. The molecule has 2 unspecified atom stereocenters. The van der Waals surface area contributed by atoms with Gasteiger partial charge in [0.1, 0.15) is 0 Å². The van der Waals surface area contributed by atoms with Crippen molar-refractivity contribution in [1.82, 2.24) is 4.98 Å². The lowest BCUT2D eigenvalue weighted by molar-refractivity contribution is 0.102. The zero-order valence-electron chi connectivity index (χ0n) is 10.5. The van der Waals surface area contributed by atoms with E-state index in [1.165, 1.54) is 12.8 Å². The van der Waals surface area contributed by atoms with Gasteiger partial charge in [0, 0.05) is 11.4 Å². The van der Waals surface area contributed by atoms with Gasteiger partial charge in [-0.3, -0.25) is 4.98 Å². The Morgan fingerprint density at radius 2 is 2.37 bits per heavy atom. The lowest BCUT2D eigenvalue weighted by Crippen LogP contribution is -2.05. The van der Waals surface area contributed by atoms with Crippen LogP contribution in [0.4, 0.5) is 0 Å². The summed E-state index contributed by atoms with van der Waals surface area (Å²) in [5.41, 5.74) is 2.49. The summed E-state index contributed by atoms with van der Waals surface area (Å²) < 4.78 is 10.7. The van der Waals surface area contributed by atoms with Crippen LogP contribution in [0.25, 0.3) is 11.1 Å². The fourth-order valence-electron chi connectivity index (χ4n) is 2.53. The van der Waals surface area contributed by atoms with Crippen molar-refractivity contribution in [1.29, 1.82) is 0 Å². The van der Waals surface area contributed by atoms with Gasteiger partial charge in [-0.1, -0.05) is 22.0 Å². The second-order valence-corrected chi connectivity index (χ2v) is 6.06. The van der Waals surface area contributed by atoms with Crippen molar-refractivity contribution in [2.45, 2.75) is 36.6 Å². The van der Waals surface area contributed by atoms with Gasteiger partial charge in [0.2, 0.25) is 0 Å². The molecule has 2 atom stereocenters. The normalized spacial score (nSPS) is 21.0. The Hall–Kier alpha value is -1.07. The Labute approximate surface area is 119 Å². The molecule has 0 amide bonds. The number of H-pyrrole nitrogens is 1. The van der Waals surface area contributed by atoms with Gasteiger partial charge in [-0.15, -0.1) is 0 Å². The zero-order valence-corrected chi connectivity index (χ0v) is 12.1. The Bertz CT molecular complexity index is 612. The van der Waals surface area contributed by atoms with Crippen molar-refractivity contribution in [3.63, 3.8) is 0 Å². The molecule has 1 aromatic carbocycles. The highest BCUT2D eigenvalue weighted by atomic mass is 79.9. The highest BCUT2D eigenvalue weighted by Gasteiger charge is 2.18. The van der Waals surface area contributed by atoms with E-state index in [0.717, 1.165) is 30.5 Å². The molecule has 0 bridgehead atoms. The summed E-state index contributed by atoms with van der Waals surface area (Å²) in [6.45, 7) is 0.901. The van der Waals surface area contributed by atoms with Gasteiger partial charge in [-0.25, -0.2) is 4.79 Å². The van der Waals surface area contributed by atoms with Crippen LogP contribution in [0.1, 0.15) is 36.1 Å². The van der Waals surface area contributed by atoms with E-state index in [1.807, 2.05) is 18.2 Å². The van der Waals surface area contributed by atoms with E-state index in [9.17, 15) is 4.79 Å². The maximum atomic E-state index is 11.1. The summed E-state index contributed by atoms with van der Waals surface area (Å²) in [5.74, 6) is -0.405. The van der Waals surface area contributed by atoms with Crippen LogP contribution in [0, 0.1) is 0 Å². The van der Waals surface area contributed by atoms with Crippen molar-refractivity contribution < 1.29 is 9.15 Å². The van der Waals surface area contributed by atoms with Gasteiger partial charge >= 0.3 is 5.76 Å². The number of hydrogen-bond donors (Lipinski definition) is 1. The Morgan fingerprint density at radius 3 is 3.16 bits per heavy atom. The Kier molecular flexibility index (Phi) is 3.75. The van der Waals surface area contributed by atoms with Crippen LogP contribution in [-0.4, -0.2) is 17.7 Å². The molecule has 1 saturated heterocycles. The number of aromatic amines is 1. The number of aromatic nitrogens is 1. The van der Waals surface area contributed by atoms with Crippen LogP contribution in [-0.2, 0) is 4.74 Å². The summed E-state index contributed by atoms with van der Waals surface area (Å²) in [7, 11) is 0. The Balaban J connectivity index is 1.69. The number of nitrogens with one attached hydrogen (secondary N) is 1. The summed E-state index contributed by atoms with van der Waals surface area (Å²) in [5, 5.41) is 0. The predicted molar refractivity (Wildman–Crippen MR) is 76.7 cm³/mol. The lowest BCUT2D eigenvalue weighted by Gasteiger charge is -2.13. The third kappa shape index (κ3) is 2.92. The molecular weight excluding hydrogens is 310 g/mol. The van der Waals surface area contributed by atoms with Gasteiger partial charge in [0.25, 0.3) is 0 Å². The molecule has 1 aliphatic rings. The molecule has 1 N–H and O–H groups in total. The van der Waals surface area contributed by atoms with Crippen molar-refractivity contribution in [3.8, 4) is 0 Å². The molecule has 0 spiro atoms. The number of alkyl halides is 1. The monoisotopic (exact) mass is 325 g/mol. The first-order valence-corrected chi connectivity index (χ1v) is 7.52. The molecule has 2 aromatic rings. The zero-order chi connectivity index (χ0) is 13.2. The van der Waals surface area contributed by atoms with E-state index in [-0.39, 0.29) is 4.83 Å². The topological polar surface area (TPSA) is 55.2 Å².